The first-order valence-electron chi connectivity index (χ1n) is 7.61. The van der Waals surface area contributed by atoms with Crippen LogP contribution in [0.4, 0.5) is 0 Å². The first-order chi connectivity index (χ1) is 11.1. The number of nitrogens with one attached hydrogen (secondary N) is 1. The lowest BCUT2D eigenvalue weighted by molar-refractivity contribution is -0.887. The number of benzene rings is 1. The van der Waals surface area contributed by atoms with Crippen LogP contribution in [0, 0.1) is 11.3 Å². The summed E-state index contributed by atoms with van der Waals surface area (Å²) in [7, 11) is 1.55. The highest BCUT2D eigenvalue weighted by atomic mass is 16.5. The van der Waals surface area contributed by atoms with Crippen molar-refractivity contribution in [3.8, 4) is 17.6 Å². The smallest absolute Gasteiger partial charge is 0.162 e. The number of carbonyl (C=O) groups excluding carboxylic acids is 1. The van der Waals surface area contributed by atoms with E-state index in [-0.39, 0.29) is 0 Å². The van der Waals surface area contributed by atoms with Crippen LogP contribution in [0.2, 0.25) is 0 Å². The molecular formula is C17H20N2O4. The molecule has 0 aliphatic carbocycles. The first-order valence-corrected chi connectivity index (χ1v) is 7.61. The molecule has 0 bridgehead atoms. The third-order valence-electron chi connectivity index (χ3n) is 3.86. The lowest BCUT2D eigenvalue weighted by Crippen LogP contribution is -3.10. The average Bonchev–Trinajstić information content (AvgIpc) is 3.06. The fraction of sp³-hybridized carbons (Fsp3) is 0.412. The van der Waals surface area contributed by atoms with Crippen LogP contribution in [-0.4, -0.2) is 39.3 Å². The minimum Gasteiger partial charge on any atom is -0.544 e. The van der Waals surface area contributed by atoms with E-state index in [0.717, 1.165) is 6.54 Å². The van der Waals surface area contributed by atoms with Crippen LogP contribution in [0.5, 0.6) is 11.5 Å². The Balaban J connectivity index is 2.08. The molecule has 0 atom stereocenters. The van der Waals surface area contributed by atoms with Gasteiger partial charge in [0.1, 0.15) is 19.2 Å². The molecule has 1 heterocycles. The van der Waals surface area contributed by atoms with Gasteiger partial charge in [0.05, 0.1) is 31.7 Å². The quantitative estimate of drug-likeness (QED) is 0.537. The average molecular weight is 316 g/mol. The first kappa shape index (κ1) is 16.8. The number of likely N-dealkylation sites (tertiary alicyclic amines) is 1. The zero-order valence-corrected chi connectivity index (χ0v) is 13.1. The molecule has 1 N–H and O–H groups in total. The summed E-state index contributed by atoms with van der Waals surface area (Å²) < 4.78 is 11.0. The van der Waals surface area contributed by atoms with Gasteiger partial charge in [-0.1, -0.05) is 6.07 Å². The molecule has 1 aromatic rings. The van der Waals surface area contributed by atoms with Gasteiger partial charge >= 0.3 is 0 Å². The topological polar surface area (TPSA) is 86.8 Å². The number of aliphatic carboxylic acids is 1. The fourth-order valence-electron chi connectivity index (χ4n) is 2.63. The van der Waals surface area contributed by atoms with Crippen molar-refractivity contribution in [3.63, 3.8) is 0 Å². The van der Waals surface area contributed by atoms with Crippen LogP contribution in [-0.2, 0) is 4.79 Å². The van der Waals surface area contributed by atoms with Gasteiger partial charge in [-0.15, -0.1) is 0 Å². The molecule has 0 unspecified atom stereocenters. The summed E-state index contributed by atoms with van der Waals surface area (Å²) in [6.45, 7) is 3.84. The second-order valence-electron chi connectivity index (χ2n) is 5.42. The van der Waals surface area contributed by atoms with E-state index in [1.807, 2.05) is 0 Å². The Morgan fingerprint density at radius 3 is 2.74 bits per heavy atom. The van der Waals surface area contributed by atoms with Gasteiger partial charge in [-0.05, 0) is 23.8 Å². The Morgan fingerprint density at radius 2 is 2.13 bits per heavy atom. The van der Waals surface area contributed by atoms with Crippen molar-refractivity contribution in [2.24, 2.45) is 0 Å². The molecule has 0 saturated carbocycles. The molecule has 1 aliphatic rings. The maximum atomic E-state index is 10.8. The van der Waals surface area contributed by atoms with E-state index in [4.69, 9.17) is 14.7 Å². The largest absolute Gasteiger partial charge is 0.544 e. The molecular weight excluding hydrogens is 296 g/mol. The van der Waals surface area contributed by atoms with E-state index < -0.39 is 11.5 Å². The summed E-state index contributed by atoms with van der Waals surface area (Å²) in [5.74, 6) is -0.385. The zero-order chi connectivity index (χ0) is 16.7. The number of carboxylic acid groups (broad SMARTS) is 1. The molecule has 0 amide bonds. The molecule has 0 spiro atoms. The highest BCUT2D eigenvalue weighted by Crippen LogP contribution is 2.28. The molecule has 0 radical (unpaired) electrons. The fourth-order valence-corrected chi connectivity index (χ4v) is 2.63. The third-order valence-corrected chi connectivity index (χ3v) is 3.86. The molecule has 23 heavy (non-hydrogen) atoms. The number of carbonyl (C=O) groups is 1. The standard InChI is InChI=1S/C17H20N2O4/c1-22-15-5-4-13(10-14(12-18)17(20)21)11-16(15)23-9-8-19-6-2-3-7-19/h4-5,10-11H,2-3,6-9H2,1H3,(H,20,21)/b14-10-. The molecule has 1 saturated heterocycles. The van der Waals surface area contributed by atoms with Crippen molar-refractivity contribution in [2.75, 3.05) is 33.4 Å². The number of carboxylic acids is 1. The van der Waals surface area contributed by atoms with Crippen LogP contribution in [0.25, 0.3) is 6.08 Å². The Hall–Kier alpha value is -2.52. The maximum Gasteiger partial charge on any atom is 0.162 e. The Bertz CT molecular complexity index is 628. The highest BCUT2D eigenvalue weighted by molar-refractivity contribution is 5.95. The highest BCUT2D eigenvalue weighted by Gasteiger charge is 2.15. The number of methoxy groups -OCH3 is 1. The summed E-state index contributed by atoms with van der Waals surface area (Å²) in [5, 5.41) is 19.6. The molecule has 2 rings (SSSR count). The van der Waals surface area contributed by atoms with Crippen molar-refractivity contribution in [1.29, 1.82) is 5.26 Å². The van der Waals surface area contributed by atoms with Crippen molar-refractivity contribution in [2.45, 2.75) is 12.8 Å². The molecule has 6 heteroatoms. The Labute approximate surface area is 135 Å². The zero-order valence-electron chi connectivity index (χ0n) is 13.1. The van der Waals surface area contributed by atoms with Crippen LogP contribution in [0.1, 0.15) is 18.4 Å². The van der Waals surface area contributed by atoms with Gasteiger partial charge in [0.25, 0.3) is 0 Å². The minimum atomic E-state index is -1.50. The summed E-state index contributed by atoms with van der Waals surface area (Å²) in [5.41, 5.74) is 0.123. The normalized spacial score (nSPS) is 15.2. The lowest BCUT2D eigenvalue weighted by atomic mass is 10.1. The molecule has 6 nitrogen and oxygen atoms in total. The predicted molar refractivity (Wildman–Crippen MR) is 81.9 cm³/mol. The predicted octanol–water partition coefficient (Wildman–Crippen LogP) is -0.590. The van der Waals surface area contributed by atoms with Gasteiger partial charge in [-0.25, -0.2) is 0 Å². The van der Waals surface area contributed by atoms with Gasteiger partial charge in [-0.3, -0.25) is 0 Å². The van der Waals surface area contributed by atoms with E-state index in [0.29, 0.717) is 23.7 Å². The second-order valence-corrected chi connectivity index (χ2v) is 5.42. The summed E-state index contributed by atoms with van der Waals surface area (Å²) in [4.78, 5) is 12.3. The van der Waals surface area contributed by atoms with Gasteiger partial charge in [0.15, 0.2) is 11.5 Å². The number of hydrogen-bond donors (Lipinski definition) is 1. The number of rotatable bonds is 7. The molecule has 0 aromatic heterocycles. The van der Waals surface area contributed by atoms with E-state index in [1.54, 1.807) is 31.4 Å². The van der Waals surface area contributed by atoms with E-state index >= 15 is 0 Å². The monoisotopic (exact) mass is 316 g/mol. The van der Waals surface area contributed by atoms with Gasteiger partial charge in [0.2, 0.25) is 0 Å². The molecule has 1 aromatic carbocycles. The van der Waals surface area contributed by atoms with Gasteiger partial charge in [-0.2, -0.15) is 5.26 Å². The van der Waals surface area contributed by atoms with Gasteiger partial charge in [0, 0.05) is 12.8 Å². The summed E-state index contributed by atoms with van der Waals surface area (Å²) in [6, 6.07) is 6.62. The molecule has 122 valence electrons. The number of ether oxygens (including phenoxy) is 2. The Morgan fingerprint density at radius 1 is 1.39 bits per heavy atom. The third kappa shape index (κ3) is 4.73. The minimum absolute atomic E-state index is 0.428. The number of nitrogens with zero attached hydrogens (tertiary/aromatic N) is 1. The van der Waals surface area contributed by atoms with Crippen LogP contribution in [0.15, 0.2) is 23.8 Å². The van der Waals surface area contributed by atoms with E-state index in [1.165, 1.54) is 36.9 Å². The van der Waals surface area contributed by atoms with Gasteiger partial charge < -0.3 is 24.3 Å². The van der Waals surface area contributed by atoms with E-state index in [2.05, 4.69) is 0 Å². The SMILES string of the molecule is COc1ccc(/C=C(/C#N)C(=O)[O-])cc1OCC[NH+]1CCCC1. The van der Waals surface area contributed by atoms with Crippen molar-refractivity contribution in [3.05, 3.63) is 29.3 Å². The molecule has 1 aliphatic heterocycles. The van der Waals surface area contributed by atoms with Crippen molar-refractivity contribution < 1.29 is 24.3 Å². The van der Waals surface area contributed by atoms with Crippen molar-refractivity contribution >= 4 is 12.0 Å². The van der Waals surface area contributed by atoms with Crippen LogP contribution < -0.4 is 19.5 Å². The maximum absolute atomic E-state index is 10.8. The van der Waals surface area contributed by atoms with Crippen LogP contribution in [0.3, 0.4) is 0 Å². The lowest BCUT2D eigenvalue weighted by Gasteiger charge is -2.15. The second kappa shape index (κ2) is 8.20. The van der Waals surface area contributed by atoms with E-state index in [9.17, 15) is 9.90 Å². The number of hydrogen-bond acceptors (Lipinski definition) is 5. The van der Waals surface area contributed by atoms with Crippen molar-refractivity contribution in [1.82, 2.24) is 0 Å². The van der Waals surface area contributed by atoms with Crippen LogP contribution >= 0.6 is 0 Å². The number of quaternary nitrogens is 1. The number of nitriles is 1. The summed E-state index contributed by atoms with van der Waals surface area (Å²) >= 11 is 0. The molecule has 1 fully saturated rings. The summed E-state index contributed by atoms with van der Waals surface area (Å²) in [6.07, 6.45) is 3.78. The Kier molecular flexibility index (Phi) is 6.01.